The van der Waals surface area contributed by atoms with Crippen molar-refractivity contribution < 1.29 is 24.2 Å². The summed E-state index contributed by atoms with van der Waals surface area (Å²) in [5.74, 6) is -3.03. The van der Waals surface area contributed by atoms with Gasteiger partial charge < -0.3 is 20.0 Å². The van der Waals surface area contributed by atoms with Crippen molar-refractivity contribution in [1.82, 2.24) is 4.90 Å². The Morgan fingerprint density at radius 2 is 1.64 bits per heavy atom. The number of hydrogen-bond donors (Lipinski definition) is 2. The Labute approximate surface area is 161 Å². The van der Waals surface area contributed by atoms with E-state index < -0.39 is 28.9 Å². The van der Waals surface area contributed by atoms with Crippen LogP contribution in [0.1, 0.15) is 43.8 Å². The van der Waals surface area contributed by atoms with Gasteiger partial charge in [-0.2, -0.15) is 0 Å². The highest BCUT2D eigenvalue weighted by molar-refractivity contribution is 6.32. The third-order valence-corrected chi connectivity index (χ3v) is 5.41. The molecule has 0 saturated carbocycles. The monoisotopic (exact) mass is 384 g/mol. The average molecular weight is 384 g/mol. The largest absolute Gasteiger partial charge is 0.507 e. The molecule has 28 heavy (non-hydrogen) atoms. The molecule has 1 aliphatic heterocycles. The summed E-state index contributed by atoms with van der Waals surface area (Å²) in [5, 5.41) is 20.3. The fourth-order valence-electron chi connectivity index (χ4n) is 4.09. The molecule has 146 valence electrons. The summed E-state index contributed by atoms with van der Waals surface area (Å²) in [6, 6.07) is 3.62. The fourth-order valence-corrected chi connectivity index (χ4v) is 4.09. The molecule has 0 radical (unpaired) electrons. The van der Waals surface area contributed by atoms with Crippen LogP contribution in [-0.2, 0) is 6.42 Å². The SMILES string of the molecule is CN(C)CCN1CCCc2cc(F)c3c(c21)C(=O)c1c(O)ccc(O)c1C3=O. The van der Waals surface area contributed by atoms with Crippen LogP contribution >= 0.6 is 0 Å². The number of aromatic hydroxyl groups is 2. The van der Waals surface area contributed by atoms with E-state index in [-0.39, 0.29) is 22.3 Å². The van der Waals surface area contributed by atoms with Crippen LogP contribution in [0.3, 0.4) is 0 Å². The molecule has 1 heterocycles. The number of phenols is 2. The summed E-state index contributed by atoms with van der Waals surface area (Å²) in [7, 11) is 3.88. The summed E-state index contributed by atoms with van der Waals surface area (Å²) in [5.41, 5.74) is 0.318. The molecule has 0 saturated heterocycles. The molecule has 7 heteroatoms. The predicted molar refractivity (Wildman–Crippen MR) is 102 cm³/mol. The lowest BCUT2D eigenvalue weighted by molar-refractivity contribution is 0.0971. The number of benzene rings is 2. The van der Waals surface area contributed by atoms with Crippen molar-refractivity contribution in [2.45, 2.75) is 12.8 Å². The van der Waals surface area contributed by atoms with Crippen molar-refractivity contribution in [3.8, 4) is 11.5 Å². The molecule has 0 unspecified atom stereocenters. The van der Waals surface area contributed by atoms with Crippen LogP contribution in [0, 0.1) is 5.82 Å². The Kier molecular flexibility index (Phi) is 4.34. The zero-order chi connectivity index (χ0) is 20.2. The molecular formula is C21H21FN2O4. The van der Waals surface area contributed by atoms with E-state index in [0.717, 1.165) is 19.0 Å². The molecule has 1 aliphatic carbocycles. The second kappa shape index (κ2) is 6.60. The molecule has 0 spiro atoms. The second-order valence-corrected chi connectivity index (χ2v) is 7.52. The first-order valence-corrected chi connectivity index (χ1v) is 9.20. The Bertz CT molecular complexity index is 1020. The molecule has 2 aliphatic rings. The van der Waals surface area contributed by atoms with E-state index in [1.54, 1.807) is 0 Å². The minimum atomic E-state index is -0.781. The van der Waals surface area contributed by atoms with Gasteiger partial charge in [-0.1, -0.05) is 0 Å². The number of carbonyl (C=O) groups is 2. The maximum Gasteiger partial charge on any atom is 0.201 e. The van der Waals surface area contributed by atoms with Gasteiger partial charge in [-0.3, -0.25) is 9.59 Å². The van der Waals surface area contributed by atoms with Gasteiger partial charge in [0.05, 0.1) is 27.9 Å². The smallest absolute Gasteiger partial charge is 0.201 e. The van der Waals surface area contributed by atoms with Crippen molar-refractivity contribution in [1.29, 1.82) is 0 Å². The van der Waals surface area contributed by atoms with Gasteiger partial charge in [-0.05, 0) is 50.7 Å². The quantitative estimate of drug-likeness (QED) is 0.675. The highest BCUT2D eigenvalue weighted by Gasteiger charge is 2.40. The third kappa shape index (κ3) is 2.65. The van der Waals surface area contributed by atoms with Gasteiger partial charge >= 0.3 is 0 Å². The summed E-state index contributed by atoms with van der Waals surface area (Å²) in [6.07, 6.45) is 1.43. The summed E-state index contributed by atoms with van der Waals surface area (Å²) < 4.78 is 14.9. The van der Waals surface area contributed by atoms with E-state index in [9.17, 15) is 24.2 Å². The number of aryl methyl sites for hydroxylation is 1. The highest BCUT2D eigenvalue weighted by atomic mass is 19.1. The van der Waals surface area contributed by atoms with Gasteiger partial charge in [0, 0.05) is 19.6 Å². The minimum absolute atomic E-state index is 0.00754. The van der Waals surface area contributed by atoms with Gasteiger partial charge in [0.15, 0.2) is 0 Å². The Morgan fingerprint density at radius 3 is 2.25 bits per heavy atom. The van der Waals surface area contributed by atoms with Crippen LogP contribution in [-0.4, -0.2) is 60.4 Å². The number of anilines is 1. The molecule has 0 atom stereocenters. The highest BCUT2D eigenvalue weighted by Crippen LogP contribution is 2.44. The maximum atomic E-state index is 14.9. The van der Waals surface area contributed by atoms with Gasteiger partial charge in [-0.25, -0.2) is 4.39 Å². The van der Waals surface area contributed by atoms with Crippen LogP contribution in [0.25, 0.3) is 0 Å². The standard InChI is InChI=1S/C21H21FN2O4/c1-23(2)8-9-24-7-3-4-11-10-12(22)15-18(19(11)24)21(28)17-14(26)6-5-13(25)16(17)20(15)27/h5-6,10,25-26H,3-4,7-9H2,1-2H3. The first-order valence-electron chi connectivity index (χ1n) is 9.20. The lowest BCUT2D eigenvalue weighted by Crippen LogP contribution is -2.38. The lowest BCUT2D eigenvalue weighted by atomic mass is 9.79. The lowest BCUT2D eigenvalue weighted by Gasteiger charge is -2.35. The van der Waals surface area contributed by atoms with Crippen molar-refractivity contribution in [2.24, 2.45) is 0 Å². The number of carbonyl (C=O) groups excluding carboxylic acids is 2. The number of halogens is 1. The molecule has 4 rings (SSSR count). The van der Waals surface area contributed by atoms with E-state index in [1.807, 2.05) is 23.9 Å². The molecule has 0 fully saturated rings. The first kappa shape index (κ1) is 18.4. The van der Waals surface area contributed by atoms with Crippen molar-refractivity contribution >= 4 is 17.3 Å². The van der Waals surface area contributed by atoms with Gasteiger partial charge in [-0.15, -0.1) is 0 Å². The van der Waals surface area contributed by atoms with E-state index >= 15 is 0 Å². The number of fused-ring (bicyclic) bond motifs is 4. The predicted octanol–water partition coefficient (Wildman–Crippen LogP) is 2.33. The fraction of sp³-hybridized carbons (Fsp3) is 0.333. The topological polar surface area (TPSA) is 81.1 Å². The van der Waals surface area contributed by atoms with E-state index in [4.69, 9.17) is 0 Å². The molecular weight excluding hydrogens is 363 g/mol. The minimum Gasteiger partial charge on any atom is -0.507 e. The van der Waals surface area contributed by atoms with Crippen LogP contribution in [0.2, 0.25) is 0 Å². The van der Waals surface area contributed by atoms with Crippen LogP contribution in [0.5, 0.6) is 11.5 Å². The van der Waals surface area contributed by atoms with Crippen molar-refractivity contribution in [3.05, 3.63) is 51.8 Å². The molecule has 0 bridgehead atoms. The van der Waals surface area contributed by atoms with Crippen LogP contribution in [0.4, 0.5) is 10.1 Å². The van der Waals surface area contributed by atoms with Crippen LogP contribution in [0.15, 0.2) is 18.2 Å². The number of phenolic OH excluding ortho intramolecular Hbond substituents is 2. The number of ketones is 2. The first-order chi connectivity index (χ1) is 13.3. The molecule has 0 aromatic heterocycles. The van der Waals surface area contributed by atoms with Crippen LogP contribution < -0.4 is 4.90 Å². The van der Waals surface area contributed by atoms with E-state index in [2.05, 4.69) is 0 Å². The second-order valence-electron chi connectivity index (χ2n) is 7.52. The number of nitrogens with zero attached hydrogens (tertiary/aromatic N) is 2. The van der Waals surface area contributed by atoms with E-state index in [1.165, 1.54) is 12.1 Å². The molecule has 2 N–H and O–H groups in total. The third-order valence-electron chi connectivity index (χ3n) is 5.41. The maximum absolute atomic E-state index is 14.9. The number of likely N-dealkylation sites (N-methyl/N-ethyl adjacent to an activating group) is 1. The van der Waals surface area contributed by atoms with Crippen molar-refractivity contribution in [2.75, 3.05) is 38.6 Å². The number of hydrogen-bond acceptors (Lipinski definition) is 6. The zero-order valence-corrected chi connectivity index (χ0v) is 15.8. The molecule has 6 nitrogen and oxygen atoms in total. The average Bonchev–Trinajstić information content (AvgIpc) is 2.65. The Hall–Kier alpha value is -2.93. The van der Waals surface area contributed by atoms with Crippen molar-refractivity contribution in [3.63, 3.8) is 0 Å². The zero-order valence-electron chi connectivity index (χ0n) is 15.8. The van der Waals surface area contributed by atoms with Gasteiger partial charge in [0.1, 0.15) is 17.3 Å². The normalized spacial score (nSPS) is 15.5. The number of rotatable bonds is 3. The summed E-state index contributed by atoms with van der Waals surface area (Å²) >= 11 is 0. The van der Waals surface area contributed by atoms with Gasteiger partial charge in [0.2, 0.25) is 11.6 Å². The summed E-state index contributed by atoms with van der Waals surface area (Å²) in [4.78, 5) is 30.3. The van der Waals surface area contributed by atoms with Gasteiger partial charge in [0.25, 0.3) is 0 Å². The summed E-state index contributed by atoms with van der Waals surface area (Å²) in [6.45, 7) is 2.05. The van der Waals surface area contributed by atoms with E-state index in [0.29, 0.717) is 30.8 Å². The molecule has 2 aromatic rings. The Morgan fingerprint density at radius 1 is 1.04 bits per heavy atom. The molecule has 2 aromatic carbocycles. The Balaban J connectivity index is 1.97. The molecule has 0 amide bonds.